The van der Waals surface area contributed by atoms with Crippen molar-refractivity contribution in [1.82, 2.24) is 10.2 Å². The predicted molar refractivity (Wildman–Crippen MR) is 78.3 cm³/mol. The van der Waals surface area contributed by atoms with Gasteiger partial charge in [0.25, 0.3) is 0 Å². The number of urea groups is 1. The molecule has 4 nitrogen and oxygen atoms in total. The number of fused-ring (bicyclic) bond motifs is 4. The number of nitrogens with zero attached hydrogens (tertiary/aromatic N) is 1. The number of nitrogens with one attached hydrogen (secondary N) is 1. The van der Waals surface area contributed by atoms with Crippen molar-refractivity contribution in [2.24, 2.45) is 0 Å². The summed E-state index contributed by atoms with van der Waals surface area (Å²) in [6, 6.07) is 3.11. The highest BCUT2D eigenvalue weighted by atomic mass is 35.5. The highest BCUT2D eigenvalue weighted by Crippen LogP contribution is 2.47. The lowest BCUT2D eigenvalue weighted by molar-refractivity contribution is -0.0787. The summed E-state index contributed by atoms with van der Waals surface area (Å²) in [4.78, 5) is 13.8. The van der Waals surface area contributed by atoms with Gasteiger partial charge in [0, 0.05) is 23.6 Å². The molecule has 0 aliphatic carbocycles. The smallest absolute Gasteiger partial charge is 0.321 e. The van der Waals surface area contributed by atoms with Gasteiger partial charge in [-0.2, -0.15) is 0 Å². The Labute approximate surface area is 127 Å². The Balaban J connectivity index is 2.10. The molecule has 0 radical (unpaired) electrons. The maximum absolute atomic E-state index is 12.2. The van der Waals surface area contributed by atoms with Gasteiger partial charge in [0.15, 0.2) is 5.72 Å². The first kappa shape index (κ1) is 13.6. The Morgan fingerprint density at radius 1 is 1.60 bits per heavy atom. The van der Waals surface area contributed by atoms with Crippen molar-refractivity contribution in [2.75, 3.05) is 6.54 Å². The molecule has 0 spiro atoms. The largest absolute Gasteiger partial charge is 0.466 e. The molecule has 1 saturated heterocycles. The van der Waals surface area contributed by atoms with E-state index in [1.54, 1.807) is 23.1 Å². The number of carbonyl (C=O) groups is 1. The van der Waals surface area contributed by atoms with E-state index in [0.29, 0.717) is 28.8 Å². The molecule has 2 amide bonds. The first-order chi connectivity index (χ1) is 9.44. The van der Waals surface area contributed by atoms with E-state index in [1.807, 2.05) is 6.92 Å². The van der Waals surface area contributed by atoms with Crippen LogP contribution in [0.4, 0.5) is 4.79 Å². The van der Waals surface area contributed by atoms with Gasteiger partial charge in [-0.25, -0.2) is 4.79 Å². The van der Waals surface area contributed by atoms with Crippen LogP contribution in [0, 0.1) is 0 Å². The van der Waals surface area contributed by atoms with Crippen LogP contribution in [0.5, 0.6) is 5.75 Å². The van der Waals surface area contributed by atoms with Crippen molar-refractivity contribution in [3.05, 3.63) is 40.4 Å². The summed E-state index contributed by atoms with van der Waals surface area (Å²) in [7, 11) is 0. The van der Waals surface area contributed by atoms with Gasteiger partial charge >= 0.3 is 6.03 Å². The minimum absolute atomic E-state index is 0.145. The second-order valence-electron chi connectivity index (χ2n) is 5.19. The molecule has 3 rings (SSSR count). The normalized spacial score (nSPS) is 27.4. The van der Waals surface area contributed by atoms with E-state index in [2.05, 4.69) is 11.9 Å². The lowest BCUT2D eigenvalue weighted by Crippen LogP contribution is -2.64. The molecule has 1 N–H and O–H groups in total. The standard InChI is InChI=1S/C14H14Cl2N2O2/c1-3-4-18-13(19)17-11-7-14(18,2)20-12-9(11)5-8(15)6-10(12)16/h3,5-6,11H,1,4,7H2,2H3,(H,17,19). The molecule has 2 atom stereocenters. The van der Waals surface area contributed by atoms with E-state index >= 15 is 0 Å². The second kappa shape index (κ2) is 4.57. The topological polar surface area (TPSA) is 41.6 Å². The summed E-state index contributed by atoms with van der Waals surface area (Å²) in [5, 5.41) is 3.95. The number of hydrogen-bond donors (Lipinski definition) is 1. The monoisotopic (exact) mass is 312 g/mol. The fourth-order valence-electron chi connectivity index (χ4n) is 2.84. The second-order valence-corrected chi connectivity index (χ2v) is 6.03. The van der Waals surface area contributed by atoms with Crippen molar-refractivity contribution in [2.45, 2.75) is 25.1 Å². The lowest BCUT2D eigenvalue weighted by atomic mass is 9.90. The molecule has 106 valence electrons. The maximum atomic E-state index is 12.2. The lowest BCUT2D eigenvalue weighted by Gasteiger charge is -2.50. The van der Waals surface area contributed by atoms with Crippen LogP contribution in [0.15, 0.2) is 24.8 Å². The summed E-state index contributed by atoms with van der Waals surface area (Å²) >= 11 is 12.3. The van der Waals surface area contributed by atoms with Gasteiger partial charge in [0.05, 0.1) is 11.1 Å². The highest BCUT2D eigenvalue weighted by molar-refractivity contribution is 6.35. The zero-order chi connectivity index (χ0) is 14.5. The Morgan fingerprint density at radius 3 is 3.05 bits per heavy atom. The quantitative estimate of drug-likeness (QED) is 0.845. The minimum Gasteiger partial charge on any atom is -0.466 e. The first-order valence-electron chi connectivity index (χ1n) is 6.31. The molecule has 1 aromatic rings. The molecule has 1 fully saturated rings. The molecule has 2 unspecified atom stereocenters. The van der Waals surface area contributed by atoms with E-state index in [-0.39, 0.29) is 12.1 Å². The number of ether oxygens (including phenoxy) is 1. The zero-order valence-corrected chi connectivity index (χ0v) is 12.5. The van der Waals surface area contributed by atoms with Crippen LogP contribution >= 0.6 is 23.2 Å². The van der Waals surface area contributed by atoms with Crippen LogP contribution in [0.1, 0.15) is 24.9 Å². The number of halogens is 2. The van der Waals surface area contributed by atoms with Crippen LogP contribution < -0.4 is 10.1 Å². The third-order valence-corrected chi connectivity index (χ3v) is 4.24. The van der Waals surface area contributed by atoms with Crippen LogP contribution in [-0.2, 0) is 0 Å². The summed E-state index contributed by atoms with van der Waals surface area (Å²) in [6.45, 7) is 5.98. The third kappa shape index (κ3) is 1.95. The average molecular weight is 313 g/mol. The van der Waals surface area contributed by atoms with Crippen molar-refractivity contribution < 1.29 is 9.53 Å². The zero-order valence-electron chi connectivity index (χ0n) is 11.0. The predicted octanol–water partition coefficient (Wildman–Crippen LogP) is 3.74. The van der Waals surface area contributed by atoms with Crippen LogP contribution in [0.2, 0.25) is 10.0 Å². The van der Waals surface area contributed by atoms with E-state index in [4.69, 9.17) is 27.9 Å². The van der Waals surface area contributed by atoms with E-state index in [9.17, 15) is 4.79 Å². The van der Waals surface area contributed by atoms with Crippen LogP contribution in [0.25, 0.3) is 0 Å². The van der Waals surface area contributed by atoms with Gasteiger partial charge in [-0.15, -0.1) is 6.58 Å². The molecule has 2 aliphatic heterocycles. The van der Waals surface area contributed by atoms with Gasteiger partial charge in [-0.05, 0) is 19.1 Å². The van der Waals surface area contributed by atoms with E-state index in [0.717, 1.165) is 5.56 Å². The number of benzene rings is 1. The highest BCUT2D eigenvalue weighted by Gasteiger charge is 2.49. The number of carbonyl (C=O) groups excluding carboxylic acids is 1. The Morgan fingerprint density at radius 2 is 2.35 bits per heavy atom. The third-order valence-electron chi connectivity index (χ3n) is 3.74. The van der Waals surface area contributed by atoms with Gasteiger partial charge in [0.2, 0.25) is 0 Å². The van der Waals surface area contributed by atoms with Gasteiger partial charge in [-0.1, -0.05) is 29.3 Å². The summed E-state index contributed by atoms with van der Waals surface area (Å²) in [6.07, 6.45) is 2.31. The van der Waals surface area contributed by atoms with Crippen molar-refractivity contribution in [3.8, 4) is 5.75 Å². The Hall–Kier alpha value is -1.39. The van der Waals surface area contributed by atoms with Crippen LogP contribution in [0.3, 0.4) is 0 Å². The molecular formula is C14H14Cl2N2O2. The number of rotatable bonds is 2. The molecule has 2 heterocycles. The summed E-state index contributed by atoms with van der Waals surface area (Å²) in [5.74, 6) is 0.587. The first-order valence-corrected chi connectivity index (χ1v) is 7.07. The van der Waals surface area contributed by atoms with Crippen LogP contribution in [-0.4, -0.2) is 23.2 Å². The van der Waals surface area contributed by atoms with Crippen molar-refractivity contribution in [3.63, 3.8) is 0 Å². The fraction of sp³-hybridized carbons (Fsp3) is 0.357. The average Bonchev–Trinajstić information content (AvgIpc) is 2.36. The molecule has 0 aromatic heterocycles. The summed E-state index contributed by atoms with van der Waals surface area (Å²) < 4.78 is 6.04. The molecule has 0 saturated carbocycles. The van der Waals surface area contributed by atoms with Gasteiger partial charge in [-0.3, -0.25) is 4.90 Å². The van der Waals surface area contributed by atoms with Gasteiger partial charge < -0.3 is 10.1 Å². The Kier molecular flexibility index (Phi) is 3.10. The SMILES string of the molecule is C=CCN1C(=O)NC2CC1(C)Oc1c(Cl)cc(Cl)cc12. The summed E-state index contributed by atoms with van der Waals surface area (Å²) in [5.41, 5.74) is 0.0950. The minimum atomic E-state index is -0.730. The van der Waals surface area contributed by atoms with Gasteiger partial charge in [0.1, 0.15) is 5.75 Å². The molecule has 2 aliphatic rings. The fourth-order valence-corrected chi connectivity index (χ4v) is 3.39. The maximum Gasteiger partial charge on any atom is 0.321 e. The number of amides is 2. The van der Waals surface area contributed by atoms with Crippen molar-refractivity contribution in [1.29, 1.82) is 0 Å². The molecule has 1 aromatic carbocycles. The molecular weight excluding hydrogens is 299 g/mol. The number of hydrogen-bond acceptors (Lipinski definition) is 2. The molecule has 6 heteroatoms. The van der Waals surface area contributed by atoms with Crippen molar-refractivity contribution >= 4 is 29.2 Å². The van der Waals surface area contributed by atoms with E-state index in [1.165, 1.54) is 0 Å². The Bertz CT molecular complexity index is 605. The van der Waals surface area contributed by atoms with E-state index < -0.39 is 5.72 Å². The molecule has 2 bridgehead atoms. The molecule has 20 heavy (non-hydrogen) atoms.